The molecular formula is C22H20N2O3S. The lowest BCUT2D eigenvalue weighted by Crippen LogP contribution is -2.23. The van der Waals surface area contributed by atoms with Gasteiger partial charge in [0.2, 0.25) is 0 Å². The minimum Gasteiger partial charge on any atom is -0.497 e. The van der Waals surface area contributed by atoms with Crippen LogP contribution in [0.1, 0.15) is 5.56 Å². The van der Waals surface area contributed by atoms with E-state index in [1.165, 1.54) is 16.9 Å². The molecule has 0 atom stereocenters. The third kappa shape index (κ3) is 3.64. The fraction of sp³-hybridized carbons (Fsp3) is 0.182. The third-order valence-corrected chi connectivity index (χ3v) is 5.47. The lowest BCUT2D eigenvalue weighted by molar-refractivity contribution is 0.296. The topological polar surface area (TPSA) is 53.4 Å². The number of thiophene rings is 1. The Morgan fingerprint density at radius 2 is 1.75 bits per heavy atom. The van der Waals surface area contributed by atoms with Crippen molar-refractivity contribution in [2.45, 2.75) is 13.5 Å². The highest BCUT2D eigenvalue weighted by Gasteiger charge is 2.13. The second-order valence-electron chi connectivity index (χ2n) is 6.46. The summed E-state index contributed by atoms with van der Waals surface area (Å²) in [5, 5.41) is 2.63. The molecule has 0 aliphatic rings. The van der Waals surface area contributed by atoms with Crippen molar-refractivity contribution in [2.24, 2.45) is 0 Å². The van der Waals surface area contributed by atoms with Crippen LogP contribution in [0, 0.1) is 6.92 Å². The van der Waals surface area contributed by atoms with Crippen molar-refractivity contribution < 1.29 is 9.47 Å². The molecule has 0 N–H and O–H groups in total. The Hall–Kier alpha value is -3.12. The molecule has 28 heavy (non-hydrogen) atoms. The van der Waals surface area contributed by atoms with E-state index in [-0.39, 0.29) is 5.56 Å². The van der Waals surface area contributed by atoms with E-state index in [4.69, 9.17) is 9.47 Å². The van der Waals surface area contributed by atoms with E-state index >= 15 is 0 Å². The molecule has 2 aromatic carbocycles. The normalized spacial score (nSPS) is 10.9. The molecule has 0 spiro atoms. The lowest BCUT2D eigenvalue weighted by Gasteiger charge is -2.09. The van der Waals surface area contributed by atoms with Gasteiger partial charge < -0.3 is 9.47 Å². The summed E-state index contributed by atoms with van der Waals surface area (Å²) >= 11 is 1.48. The predicted molar refractivity (Wildman–Crippen MR) is 113 cm³/mol. The van der Waals surface area contributed by atoms with Gasteiger partial charge in [0, 0.05) is 10.9 Å². The molecule has 0 fully saturated rings. The number of fused-ring (bicyclic) bond motifs is 1. The molecular weight excluding hydrogens is 372 g/mol. The van der Waals surface area contributed by atoms with Gasteiger partial charge in [-0.2, -0.15) is 0 Å². The van der Waals surface area contributed by atoms with Gasteiger partial charge >= 0.3 is 0 Å². The van der Waals surface area contributed by atoms with E-state index in [2.05, 4.69) is 4.98 Å². The predicted octanol–water partition coefficient (Wildman–Crippen LogP) is 4.52. The number of benzene rings is 2. The highest BCUT2D eigenvalue weighted by molar-refractivity contribution is 7.17. The molecule has 0 unspecified atom stereocenters. The Kier molecular flexibility index (Phi) is 5.12. The van der Waals surface area contributed by atoms with Gasteiger partial charge in [-0.25, -0.2) is 4.98 Å². The first-order valence-corrected chi connectivity index (χ1v) is 9.84. The van der Waals surface area contributed by atoms with Crippen LogP contribution in [0.3, 0.4) is 0 Å². The second kappa shape index (κ2) is 7.86. The number of ether oxygens (including phenoxy) is 2. The Balaban J connectivity index is 1.58. The van der Waals surface area contributed by atoms with E-state index in [9.17, 15) is 4.79 Å². The maximum atomic E-state index is 13.0. The molecule has 4 rings (SSSR count). The van der Waals surface area contributed by atoms with E-state index in [0.717, 1.165) is 27.5 Å². The summed E-state index contributed by atoms with van der Waals surface area (Å²) in [6.07, 6.45) is 1.59. The minimum absolute atomic E-state index is 0.0513. The summed E-state index contributed by atoms with van der Waals surface area (Å²) in [5.74, 6) is 1.58. The summed E-state index contributed by atoms with van der Waals surface area (Å²) < 4.78 is 12.6. The Bertz CT molecular complexity index is 1150. The number of aryl methyl sites for hydroxylation is 1. The van der Waals surface area contributed by atoms with Gasteiger partial charge in [-0.3, -0.25) is 9.36 Å². The Morgan fingerprint density at radius 3 is 2.46 bits per heavy atom. The summed E-state index contributed by atoms with van der Waals surface area (Å²) in [7, 11) is 1.64. The Labute approximate surface area is 166 Å². The van der Waals surface area contributed by atoms with Crippen LogP contribution in [0.2, 0.25) is 0 Å². The zero-order chi connectivity index (χ0) is 19.5. The van der Waals surface area contributed by atoms with Crippen LogP contribution in [0.5, 0.6) is 11.5 Å². The van der Waals surface area contributed by atoms with Crippen LogP contribution in [0.4, 0.5) is 0 Å². The highest BCUT2D eigenvalue weighted by atomic mass is 32.1. The molecule has 0 bridgehead atoms. The fourth-order valence-corrected chi connectivity index (χ4v) is 3.91. The van der Waals surface area contributed by atoms with Gasteiger partial charge in [0.15, 0.2) is 0 Å². The van der Waals surface area contributed by atoms with Gasteiger partial charge in [0.25, 0.3) is 5.56 Å². The molecule has 0 saturated heterocycles. The number of hydrogen-bond acceptors (Lipinski definition) is 5. The van der Waals surface area contributed by atoms with Crippen molar-refractivity contribution in [3.63, 3.8) is 0 Å². The molecule has 2 aromatic heterocycles. The first kappa shape index (κ1) is 18.3. The highest BCUT2D eigenvalue weighted by Crippen LogP contribution is 2.31. The summed E-state index contributed by atoms with van der Waals surface area (Å²) in [6.45, 7) is 2.87. The molecule has 2 heterocycles. The van der Waals surface area contributed by atoms with Gasteiger partial charge in [0.05, 0.1) is 25.4 Å². The zero-order valence-corrected chi connectivity index (χ0v) is 16.5. The number of nitrogens with zero attached hydrogens (tertiary/aromatic N) is 2. The second-order valence-corrected chi connectivity index (χ2v) is 7.32. The smallest absolute Gasteiger partial charge is 0.262 e. The van der Waals surface area contributed by atoms with Gasteiger partial charge in [-0.15, -0.1) is 11.3 Å². The van der Waals surface area contributed by atoms with Crippen LogP contribution in [-0.4, -0.2) is 23.3 Å². The third-order valence-electron chi connectivity index (χ3n) is 4.58. The number of methoxy groups -OCH3 is 1. The van der Waals surface area contributed by atoms with E-state index in [1.807, 2.05) is 60.8 Å². The van der Waals surface area contributed by atoms with Crippen molar-refractivity contribution >= 4 is 21.6 Å². The molecule has 5 nitrogen and oxygen atoms in total. The van der Waals surface area contributed by atoms with Crippen LogP contribution >= 0.6 is 11.3 Å². The average Bonchev–Trinajstić information content (AvgIpc) is 3.16. The van der Waals surface area contributed by atoms with Crippen LogP contribution < -0.4 is 15.0 Å². The summed E-state index contributed by atoms with van der Waals surface area (Å²) in [6, 6.07) is 15.6. The molecule has 0 aliphatic heterocycles. The molecule has 0 amide bonds. The average molecular weight is 392 g/mol. The standard InChI is InChI=1S/C22H20N2O3S/c1-15-3-7-18(8-4-15)27-12-11-24-14-23-21-20(22(24)25)19(13-28-21)16-5-9-17(26-2)10-6-16/h3-10,13-14H,11-12H2,1-2H3. The molecule has 0 aliphatic carbocycles. The SMILES string of the molecule is COc1ccc(-c2csc3ncn(CCOc4ccc(C)cc4)c(=O)c23)cc1. The van der Waals surface area contributed by atoms with Crippen LogP contribution in [0.25, 0.3) is 21.3 Å². The number of aromatic nitrogens is 2. The van der Waals surface area contributed by atoms with Crippen molar-refractivity contribution in [1.29, 1.82) is 0 Å². The summed E-state index contributed by atoms with van der Waals surface area (Å²) in [4.78, 5) is 18.2. The maximum absolute atomic E-state index is 13.0. The number of hydrogen-bond donors (Lipinski definition) is 0. The van der Waals surface area contributed by atoms with Crippen molar-refractivity contribution in [3.8, 4) is 22.6 Å². The van der Waals surface area contributed by atoms with E-state index in [1.54, 1.807) is 18.0 Å². The molecule has 0 radical (unpaired) electrons. The van der Waals surface area contributed by atoms with Gasteiger partial charge in [-0.1, -0.05) is 29.8 Å². The van der Waals surface area contributed by atoms with E-state index < -0.39 is 0 Å². The van der Waals surface area contributed by atoms with Crippen LogP contribution in [0.15, 0.2) is 65.0 Å². The van der Waals surface area contributed by atoms with E-state index in [0.29, 0.717) is 18.5 Å². The van der Waals surface area contributed by atoms with Crippen molar-refractivity contribution in [2.75, 3.05) is 13.7 Å². The fourth-order valence-electron chi connectivity index (χ4n) is 3.01. The number of rotatable bonds is 6. The monoisotopic (exact) mass is 392 g/mol. The quantitative estimate of drug-likeness (QED) is 0.484. The zero-order valence-electron chi connectivity index (χ0n) is 15.7. The molecule has 142 valence electrons. The van der Waals surface area contributed by atoms with Gasteiger partial charge in [-0.05, 0) is 36.8 Å². The molecule has 0 saturated carbocycles. The summed E-state index contributed by atoms with van der Waals surface area (Å²) in [5.41, 5.74) is 3.00. The van der Waals surface area contributed by atoms with Gasteiger partial charge in [0.1, 0.15) is 22.9 Å². The van der Waals surface area contributed by atoms with Crippen LogP contribution in [-0.2, 0) is 6.54 Å². The Morgan fingerprint density at radius 1 is 1.04 bits per heavy atom. The lowest BCUT2D eigenvalue weighted by atomic mass is 10.1. The first-order chi connectivity index (χ1) is 13.7. The minimum atomic E-state index is -0.0513. The van der Waals surface area contributed by atoms with Crippen molar-refractivity contribution in [1.82, 2.24) is 9.55 Å². The largest absolute Gasteiger partial charge is 0.497 e. The van der Waals surface area contributed by atoms with Crippen molar-refractivity contribution in [3.05, 3.63) is 76.2 Å². The molecule has 6 heteroatoms. The maximum Gasteiger partial charge on any atom is 0.262 e. The first-order valence-electron chi connectivity index (χ1n) is 8.96. The molecule has 4 aromatic rings.